The lowest BCUT2D eigenvalue weighted by Gasteiger charge is -2.11. The molecule has 2 rings (SSSR count). The molecule has 0 bridgehead atoms. The molecule has 4 heteroatoms. The van der Waals surface area contributed by atoms with E-state index in [-0.39, 0.29) is 12.2 Å². The number of benzene rings is 2. The van der Waals surface area contributed by atoms with Crippen molar-refractivity contribution < 1.29 is 14.3 Å². The van der Waals surface area contributed by atoms with Gasteiger partial charge in [0.2, 0.25) is 0 Å². The SMILES string of the molecule is COc1ccc(Cl)cc1CC(=O)c1ccc(C)cc1OC. The van der Waals surface area contributed by atoms with E-state index in [2.05, 4.69) is 0 Å². The Kier molecular flexibility index (Phi) is 4.86. The molecule has 0 aliphatic heterocycles. The highest BCUT2D eigenvalue weighted by molar-refractivity contribution is 6.30. The second kappa shape index (κ2) is 6.64. The lowest BCUT2D eigenvalue weighted by molar-refractivity contribution is 0.0989. The van der Waals surface area contributed by atoms with Gasteiger partial charge in [0, 0.05) is 17.0 Å². The largest absolute Gasteiger partial charge is 0.496 e. The maximum Gasteiger partial charge on any atom is 0.171 e. The van der Waals surface area contributed by atoms with Crippen LogP contribution < -0.4 is 9.47 Å². The fraction of sp³-hybridized carbons (Fsp3) is 0.235. The number of ketones is 1. The van der Waals surface area contributed by atoms with Crippen molar-refractivity contribution in [2.45, 2.75) is 13.3 Å². The number of Topliss-reactive ketones (excluding diaryl/α,β-unsaturated/α-hetero) is 1. The van der Waals surface area contributed by atoms with E-state index in [1.54, 1.807) is 38.5 Å². The second-order valence-corrected chi connectivity index (χ2v) is 5.20. The molecule has 0 atom stereocenters. The molecule has 0 N–H and O–H groups in total. The highest BCUT2D eigenvalue weighted by Gasteiger charge is 2.15. The molecule has 0 amide bonds. The van der Waals surface area contributed by atoms with Gasteiger partial charge in [-0.25, -0.2) is 0 Å². The number of hydrogen-bond acceptors (Lipinski definition) is 3. The van der Waals surface area contributed by atoms with Crippen LogP contribution in [0.5, 0.6) is 11.5 Å². The quantitative estimate of drug-likeness (QED) is 0.780. The summed E-state index contributed by atoms with van der Waals surface area (Å²) in [5.41, 5.74) is 2.37. The highest BCUT2D eigenvalue weighted by Crippen LogP contribution is 2.26. The van der Waals surface area contributed by atoms with Gasteiger partial charge in [-0.2, -0.15) is 0 Å². The van der Waals surface area contributed by atoms with Crippen molar-refractivity contribution >= 4 is 17.4 Å². The van der Waals surface area contributed by atoms with Crippen molar-refractivity contribution in [1.29, 1.82) is 0 Å². The molecule has 0 saturated heterocycles. The number of rotatable bonds is 5. The molecular formula is C17H17ClO3. The summed E-state index contributed by atoms with van der Waals surface area (Å²) in [6.07, 6.45) is 0.211. The highest BCUT2D eigenvalue weighted by atomic mass is 35.5. The third kappa shape index (κ3) is 3.56. The molecule has 2 aromatic carbocycles. The monoisotopic (exact) mass is 304 g/mol. The van der Waals surface area contributed by atoms with Gasteiger partial charge in [-0.3, -0.25) is 4.79 Å². The van der Waals surface area contributed by atoms with Gasteiger partial charge in [0.15, 0.2) is 5.78 Å². The Morgan fingerprint density at radius 3 is 2.43 bits per heavy atom. The first-order chi connectivity index (χ1) is 10.0. The van der Waals surface area contributed by atoms with Crippen LogP contribution >= 0.6 is 11.6 Å². The normalized spacial score (nSPS) is 10.3. The van der Waals surface area contributed by atoms with E-state index in [0.717, 1.165) is 11.1 Å². The van der Waals surface area contributed by atoms with Gasteiger partial charge in [0.05, 0.1) is 19.8 Å². The summed E-state index contributed by atoms with van der Waals surface area (Å²) in [4.78, 5) is 12.5. The number of aryl methyl sites for hydroxylation is 1. The summed E-state index contributed by atoms with van der Waals surface area (Å²) in [6, 6.07) is 10.8. The van der Waals surface area contributed by atoms with Gasteiger partial charge in [-0.05, 0) is 42.8 Å². The number of halogens is 1. The zero-order valence-corrected chi connectivity index (χ0v) is 13.0. The summed E-state index contributed by atoms with van der Waals surface area (Å²) >= 11 is 5.99. The number of methoxy groups -OCH3 is 2. The molecule has 3 nitrogen and oxygen atoms in total. The molecule has 110 valence electrons. The van der Waals surface area contributed by atoms with Crippen molar-refractivity contribution in [2.75, 3.05) is 14.2 Å². The van der Waals surface area contributed by atoms with Crippen molar-refractivity contribution in [3.05, 3.63) is 58.1 Å². The second-order valence-electron chi connectivity index (χ2n) is 4.76. The molecular weight excluding hydrogens is 288 g/mol. The Morgan fingerprint density at radius 1 is 1.05 bits per heavy atom. The van der Waals surface area contributed by atoms with E-state index in [1.807, 2.05) is 19.1 Å². The topological polar surface area (TPSA) is 35.5 Å². The van der Waals surface area contributed by atoms with Crippen molar-refractivity contribution in [3.8, 4) is 11.5 Å². The van der Waals surface area contributed by atoms with Gasteiger partial charge in [0.25, 0.3) is 0 Å². The Hall–Kier alpha value is -2.00. The van der Waals surface area contributed by atoms with Gasteiger partial charge in [-0.15, -0.1) is 0 Å². The molecule has 0 saturated carbocycles. The molecule has 0 aliphatic carbocycles. The zero-order chi connectivity index (χ0) is 15.4. The minimum absolute atomic E-state index is 0.0348. The minimum Gasteiger partial charge on any atom is -0.496 e. The number of hydrogen-bond donors (Lipinski definition) is 0. The van der Waals surface area contributed by atoms with Crippen LogP contribution in [0, 0.1) is 6.92 Å². The summed E-state index contributed by atoms with van der Waals surface area (Å²) < 4.78 is 10.6. The van der Waals surface area contributed by atoms with Crippen LogP contribution in [-0.2, 0) is 6.42 Å². The summed E-state index contributed by atoms with van der Waals surface area (Å²) in [5.74, 6) is 1.20. The van der Waals surface area contributed by atoms with Crippen molar-refractivity contribution in [1.82, 2.24) is 0 Å². The van der Waals surface area contributed by atoms with E-state index in [4.69, 9.17) is 21.1 Å². The van der Waals surface area contributed by atoms with Crippen LogP contribution in [-0.4, -0.2) is 20.0 Å². The van der Waals surface area contributed by atoms with Crippen LogP contribution in [0.3, 0.4) is 0 Å². The first kappa shape index (κ1) is 15.4. The van der Waals surface area contributed by atoms with Crippen molar-refractivity contribution in [3.63, 3.8) is 0 Å². The summed E-state index contributed by atoms with van der Waals surface area (Å²) in [7, 11) is 3.13. The molecule has 0 aromatic heterocycles. The number of carbonyl (C=O) groups excluding carboxylic acids is 1. The first-order valence-electron chi connectivity index (χ1n) is 6.55. The molecule has 2 aromatic rings. The number of carbonyl (C=O) groups is 1. The molecule has 21 heavy (non-hydrogen) atoms. The van der Waals surface area contributed by atoms with E-state index < -0.39 is 0 Å². The zero-order valence-electron chi connectivity index (χ0n) is 12.3. The molecule has 0 unspecified atom stereocenters. The smallest absolute Gasteiger partial charge is 0.171 e. The fourth-order valence-corrected chi connectivity index (χ4v) is 2.38. The van der Waals surface area contributed by atoms with Crippen LogP contribution in [0.4, 0.5) is 0 Å². The molecule has 0 spiro atoms. The maximum absolute atomic E-state index is 12.5. The average molecular weight is 305 g/mol. The Labute approximate surface area is 129 Å². The van der Waals surface area contributed by atoms with E-state index in [0.29, 0.717) is 22.1 Å². The molecule has 0 aliphatic rings. The van der Waals surface area contributed by atoms with Gasteiger partial charge in [0.1, 0.15) is 11.5 Å². The van der Waals surface area contributed by atoms with E-state index >= 15 is 0 Å². The summed E-state index contributed by atoms with van der Waals surface area (Å²) in [5, 5.41) is 0.578. The maximum atomic E-state index is 12.5. The fourth-order valence-electron chi connectivity index (χ4n) is 2.18. The lowest BCUT2D eigenvalue weighted by atomic mass is 10.0. The summed E-state index contributed by atoms with van der Waals surface area (Å²) in [6.45, 7) is 1.96. The number of ether oxygens (including phenoxy) is 2. The molecule has 0 radical (unpaired) electrons. The lowest BCUT2D eigenvalue weighted by Crippen LogP contribution is -2.07. The van der Waals surface area contributed by atoms with Crippen LogP contribution in [0.2, 0.25) is 5.02 Å². The van der Waals surface area contributed by atoms with Crippen LogP contribution in [0.1, 0.15) is 21.5 Å². The molecule has 0 fully saturated rings. The standard InChI is InChI=1S/C17H17ClO3/c1-11-4-6-14(17(8-11)21-3)15(19)10-12-9-13(18)5-7-16(12)20-2/h4-9H,10H2,1-3H3. The minimum atomic E-state index is -0.0348. The predicted octanol–water partition coefficient (Wildman–Crippen LogP) is 4.09. The Balaban J connectivity index is 2.32. The van der Waals surface area contributed by atoms with Crippen molar-refractivity contribution in [2.24, 2.45) is 0 Å². The molecule has 0 heterocycles. The average Bonchev–Trinajstić information content (AvgIpc) is 2.47. The Bertz CT molecular complexity index is 665. The van der Waals surface area contributed by atoms with Crippen LogP contribution in [0.15, 0.2) is 36.4 Å². The first-order valence-corrected chi connectivity index (χ1v) is 6.93. The predicted molar refractivity (Wildman–Crippen MR) is 83.8 cm³/mol. The van der Waals surface area contributed by atoms with Gasteiger partial charge < -0.3 is 9.47 Å². The third-order valence-electron chi connectivity index (χ3n) is 3.25. The van der Waals surface area contributed by atoms with Crippen LogP contribution in [0.25, 0.3) is 0 Å². The Morgan fingerprint density at radius 2 is 1.76 bits per heavy atom. The van der Waals surface area contributed by atoms with Gasteiger partial charge >= 0.3 is 0 Å². The van der Waals surface area contributed by atoms with Gasteiger partial charge in [-0.1, -0.05) is 17.7 Å². The van der Waals surface area contributed by atoms with E-state index in [9.17, 15) is 4.79 Å². The van der Waals surface area contributed by atoms with E-state index in [1.165, 1.54) is 0 Å². The third-order valence-corrected chi connectivity index (χ3v) is 3.49.